The van der Waals surface area contributed by atoms with Crippen molar-refractivity contribution in [3.63, 3.8) is 0 Å². The number of ether oxygens (including phenoxy) is 1. The number of imidazole rings is 1. The van der Waals surface area contributed by atoms with Crippen LogP contribution in [0.4, 0.5) is 0 Å². The van der Waals surface area contributed by atoms with E-state index in [4.69, 9.17) is 4.74 Å². The number of aromatic nitrogens is 2. The Morgan fingerprint density at radius 3 is 2.71 bits per heavy atom. The van der Waals surface area contributed by atoms with Gasteiger partial charge in [0.1, 0.15) is 11.6 Å². The molecule has 0 fully saturated rings. The van der Waals surface area contributed by atoms with Crippen molar-refractivity contribution in [2.45, 2.75) is 26.4 Å². The van der Waals surface area contributed by atoms with E-state index in [1.165, 1.54) is 0 Å². The number of methoxy groups -OCH3 is 1. The maximum Gasteiger partial charge on any atom is 0.255 e. The number of carbonyl (C=O) groups is 1. The van der Waals surface area contributed by atoms with E-state index in [-0.39, 0.29) is 5.91 Å². The summed E-state index contributed by atoms with van der Waals surface area (Å²) in [6.07, 6.45) is 1.01. The molecule has 3 aromatic rings. The van der Waals surface area contributed by atoms with E-state index < -0.39 is 0 Å². The Hall–Kier alpha value is -2.82. The predicted octanol–water partition coefficient (Wildman–Crippen LogP) is 3.38. The number of amides is 1. The zero-order valence-electron chi connectivity index (χ0n) is 14.0. The van der Waals surface area contributed by atoms with Gasteiger partial charge in [-0.15, -0.1) is 0 Å². The Bertz CT molecular complexity index is 855. The fourth-order valence-electron chi connectivity index (χ4n) is 2.82. The molecule has 124 valence electrons. The van der Waals surface area contributed by atoms with Gasteiger partial charge in [-0.1, -0.05) is 31.2 Å². The molecule has 1 N–H and O–H groups in total. The van der Waals surface area contributed by atoms with Crippen molar-refractivity contribution < 1.29 is 9.53 Å². The molecule has 0 radical (unpaired) electrons. The highest BCUT2D eigenvalue weighted by Crippen LogP contribution is 2.19. The van der Waals surface area contributed by atoms with Crippen LogP contribution in [0.15, 0.2) is 48.5 Å². The third-order valence-corrected chi connectivity index (χ3v) is 3.94. The van der Waals surface area contributed by atoms with Crippen LogP contribution in [0.3, 0.4) is 0 Å². The van der Waals surface area contributed by atoms with Crippen LogP contribution >= 0.6 is 0 Å². The van der Waals surface area contributed by atoms with E-state index in [9.17, 15) is 4.79 Å². The zero-order valence-corrected chi connectivity index (χ0v) is 14.0. The van der Waals surface area contributed by atoms with Gasteiger partial charge in [0.05, 0.1) is 30.3 Å². The fourth-order valence-corrected chi connectivity index (χ4v) is 2.82. The molecule has 5 nitrogen and oxygen atoms in total. The highest BCUT2D eigenvalue weighted by Gasteiger charge is 2.14. The molecule has 0 aliphatic carbocycles. The summed E-state index contributed by atoms with van der Waals surface area (Å²) in [5.41, 5.74) is 2.58. The second-order valence-electron chi connectivity index (χ2n) is 5.55. The molecule has 5 heteroatoms. The summed E-state index contributed by atoms with van der Waals surface area (Å²) in [4.78, 5) is 17.1. The highest BCUT2D eigenvalue weighted by molar-refractivity contribution is 5.96. The lowest BCUT2D eigenvalue weighted by molar-refractivity contribution is 0.0946. The minimum atomic E-state index is -0.164. The largest absolute Gasteiger partial charge is 0.496 e. The Kier molecular flexibility index (Phi) is 4.79. The minimum Gasteiger partial charge on any atom is -0.496 e. The predicted molar refractivity (Wildman–Crippen MR) is 94.2 cm³/mol. The molecule has 0 spiro atoms. The number of nitrogens with one attached hydrogen (secondary N) is 1. The molecular weight excluding hydrogens is 302 g/mol. The third kappa shape index (κ3) is 3.11. The van der Waals surface area contributed by atoms with Gasteiger partial charge in [0.2, 0.25) is 0 Å². The van der Waals surface area contributed by atoms with Crippen molar-refractivity contribution in [3.05, 3.63) is 59.9 Å². The Morgan fingerprint density at radius 2 is 1.92 bits per heavy atom. The van der Waals surface area contributed by atoms with Gasteiger partial charge in [0.25, 0.3) is 5.91 Å². The van der Waals surface area contributed by atoms with Crippen molar-refractivity contribution in [1.29, 1.82) is 0 Å². The number of aryl methyl sites for hydroxylation is 1. The van der Waals surface area contributed by atoms with Gasteiger partial charge < -0.3 is 14.6 Å². The molecule has 0 saturated heterocycles. The molecule has 0 atom stereocenters. The van der Waals surface area contributed by atoms with Gasteiger partial charge >= 0.3 is 0 Å². The topological polar surface area (TPSA) is 56.2 Å². The molecule has 2 aromatic carbocycles. The number of benzene rings is 2. The Labute approximate surface area is 141 Å². The number of hydrogen-bond acceptors (Lipinski definition) is 3. The molecule has 0 saturated carbocycles. The SMILES string of the molecule is CCCn1c(CNC(=O)c2ccccc2OC)nc2ccccc21. The molecule has 1 heterocycles. The van der Waals surface area contributed by atoms with E-state index in [1.807, 2.05) is 30.3 Å². The molecular formula is C19H21N3O2. The van der Waals surface area contributed by atoms with Gasteiger partial charge in [0.15, 0.2) is 0 Å². The first-order chi connectivity index (χ1) is 11.7. The average molecular weight is 323 g/mol. The molecule has 0 aliphatic rings. The van der Waals surface area contributed by atoms with Gasteiger partial charge in [-0.2, -0.15) is 0 Å². The van der Waals surface area contributed by atoms with Crippen LogP contribution in [0.25, 0.3) is 11.0 Å². The quantitative estimate of drug-likeness (QED) is 0.756. The number of hydrogen-bond donors (Lipinski definition) is 1. The third-order valence-electron chi connectivity index (χ3n) is 3.94. The first-order valence-electron chi connectivity index (χ1n) is 8.10. The lowest BCUT2D eigenvalue weighted by Crippen LogP contribution is -2.25. The maximum absolute atomic E-state index is 12.5. The molecule has 0 aliphatic heterocycles. The summed E-state index contributed by atoms with van der Waals surface area (Å²) in [7, 11) is 1.56. The summed E-state index contributed by atoms with van der Waals surface area (Å²) in [5.74, 6) is 1.26. The molecule has 24 heavy (non-hydrogen) atoms. The molecule has 0 bridgehead atoms. The van der Waals surface area contributed by atoms with Crippen molar-refractivity contribution in [1.82, 2.24) is 14.9 Å². The summed E-state index contributed by atoms with van der Waals surface area (Å²) >= 11 is 0. The van der Waals surface area contributed by atoms with Crippen LogP contribution in [-0.4, -0.2) is 22.6 Å². The van der Waals surface area contributed by atoms with Gasteiger partial charge in [-0.3, -0.25) is 4.79 Å². The normalized spacial score (nSPS) is 10.8. The van der Waals surface area contributed by atoms with Gasteiger partial charge in [0, 0.05) is 6.54 Å². The lowest BCUT2D eigenvalue weighted by Gasteiger charge is -2.10. The van der Waals surface area contributed by atoms with E-state index in [1.54, 1.807) is 19.2 Å². The van der Waals surface area contributed by atoms with E-state index >= 15 is 0 Å². The van der Waals surface area contributed by atoms with E-state index in [2.05, 4.69) is 27.9 Å². The van der Waals surface area contributed by atoms with Crippen LogP contribution in [-0.2, 0) is 13.1 Å². The summed E-state index contributed by atoms with van der Waals surface area (Å²) < 4.78 is 7.41. The van der Waals surface area contributed by atoms with E-state index in [0.29, 0.717) is 17.9 Å². The van der Waals surface area contributed by atoms with Crippen LogP contribution in [0, 0.1) is 0 Å². The second kappa shape index (κ2) is 7.17. The van der Waals surface area contributed by atoms with Crippen LogP contribution in [0.5, 0.6) is 5.75 Å². The summed E-state index contributed by atoms with van der Waals surface area (Å²) in [6.45, 7) is 3.39. The number of carbonyl (C=O) groups excluding carboxylic acids is 1. The zero-order chi connectivity index (χ0) is 16.9. The lowest BCUT2D eigenvalue weighted by atomic mass is 10.2. The summed E-state index contributed by atoms with van der Waals surface area (Å²) in [6, 6.07) is 15.2. The smallest absolute Gasteiger partial charge is 0.255 e. The molecule has 0 unspecified atom stereocenters. The van der Waals surface area contributed by atoms with E-state index in [0.717, 1.165) is 29.8 Å². The number of para-hydroxylation sites is 3. The Balaban J connectivity index is 1.82. The fraction of sp³-hybridized carbons (Fsp3) is 0.263. The first-order valence-corrected chi connectivity index (χ1v) is 8.10. The molecule has 1 aromatic heterocycles. The van der Waals surface area contributed by atoms with Crippen LogP contribution in [0.2, 0.25) is 0 Å². The van der Waals surface area contributed by atoms with Gasteiger partial charge in [-0.25, -0.2) is 4.98 Å². The highest BCUT2D eigenvalue weighted by atomic mass is 16.5. The molecule has 3 rings (SSSR count). The minimum absolute atomic E-state index is 0.164. The van der Waals surface area contributed by atoms with Crippen molar-refractivity contribution in [2.24, 2.45) is 0 Å². The molecule has 1 amide bonds. The number of nitrogens with zero attached hydrogens (tertiary/aromatic N) is 2. The van der Waals surface area contributed by atoms with Crippen molar-refractivity contribution in [2.75, 3.05) is 7.11 Å². The Morgan fingerprint density at radius 1 is 1.17 bits per heavy atom. The monoisotopic (exact) mass is 323 g/mol. The second-order valence-corrected chi connectivity index (χ2v) is 5.55. The van der Waals surface area contributed by atoms with Crippen molar-refractivity contribution >= 4 is 16.9 Å². The van der Waals surface area contributed by atoms with Crippen LogP contribution in [0.1, 0.15) is 29.5 Å². The van der Waals surface area contributed by atoms with Gasteiger partial charge in [-0.05, 0) is 30.7 Å². The van der Waals surface area contributed by atoms with Crippen LogP contribution < -0.4 is 10.1 Å². The standard InChI is InChI=1S/C19H21N3O2/c1-3-12-22-16-10-6-5-9-15(16)21-18(22)13-20-19(23)14-8-4-7-11-17(14)24-2/h4-11H,3,12-13H2,1-2H3,(H,20,23). The number of rotatable bonds is 6. The average Bonchev–Trinajstić information content (AvgIpc) is 2.98. The maximum atomic E-state index is 12.5. The number of fused-ring (bicyclic) bond motifs is 1. The van der Waals surface area contributed by atoms with Crippen molar-refractivity contribution in [3.8, 4) is 5.75 Å². The first kappa shape index (κ1) is 16.1. The summed E-state index contributed by atoms with van der Waals surface area (Å²) in [5, 5.41) is 2.95.